The summed E-state index contributed by atoms with van der Waals surface area (Å²) in [5.74, 6) is 1.56. The van der Waals surface area contributed by atoms with Gasteiger partial charge in [0.1, 0.15) is 11.5 Å². The zero-order valence-electron chi connectivity index (χ0n) is 17.1. The SMILES string of the molecule is CC(=O)N1c2ccc(-c3cnn(C4CC4)c3)c(Oc3ccc(Cl)cc3)c2CC[C@@H]1C. The van der Waals surface area contributed by atoms with Crippen LogP contribution in [-0.4, -0.2) is 21.7 Å². The molecule has 0 bridgehead atoms. The number of carbonyl (C=O) groups is 1. The molecule has 0 unspecified atom stereocenters. The molecule has 0 radical (unpaired) electrons. The molecule has 30 heavy (non-hydrogen) atoms. The Morgan fingerprint density at radius 1 is 1.13 bits per heavy atom. The number of ether oxygens (including phenoxy) is 1. The van der Waals surface area contributed by atoms with Gasteiger partial charge in [-0.25, -0.2) is 0 Å². The molecule has 0 saturated heterocycles. The molecule has 2 aliphatic rings. The largest absolute Gasteiger partial charge is 0.456 e. The van der Waals surface area contributed by atoms with Gasteiger partial charge in [0.15, 0.2) is 0 Å². The minimum Gasteiger partial charge on any atom is -0.456 e. The van der Waals surface area contributed by atoms with Crippen molar-refractivity contribution in [2.24, 2.45) is 0 Å². The first-order valence-corrected chi connectivity index (χ1v) is 10.8. The summed E-state index contributed by atoms with van der Waals surface area (Å²) in [6.45, 7) is 3.72. The van der Waals surface area contributed by atoms with Crippen LogP contribution in [0.1, 0.15) is 44.7 Å². The molecule has 1 amide bonds. The van der Waals surface area contributed by atoms with Crippen molar-refractivity contribution in [2.75, 3.05) is 4.90 Å². The van der Waals surface area contributed by atoms with Gasteiger partial charge in [0.05, 0.1) is 17.9 Å². The van der Waals surface area contributed by atoms with E-state index in [1.807, 2.05) is 52.2 Å². The van der Waals surface area contributed by atoms with E-state index in [0.717, 1.165) is 46.7 Å². The molecule has 1 fully saturated rings. The second-order valence-electron chi connectivity index (χ2n) is 8.21. The van der Waals surface area contributed by atoms with E-state index in [1.54, 1.807) is 6.92 Å². The van der Waals surface area contributed by atoms with E-state index in [0.29, 0.717) is 11.1 Å². The molecule has 3 aromatic rings. The summed E-state index contributed by atoms with van der Waals surface area (Å²) in [6.07, 6.45) is 8.13. The predicted molar refractivity (Wildman–Crippen MR) is 118 cm³/mol. The average molecular weight is 422 g/mol. The summed E-state index contributed by atoms with van der Waals surface area (Å²) in [5.41, 5.74) is 4.02. The fourth-order valence-electron chi connectivity index (χ4n) is 4.26. The monoisotopic (exact) mass is 421 g/mol. The van der Waals surface area contributed by atoms with Gasteiger partial charge in [-0.1, -0.05) is 11.6 Å². The van der Waals surface area contributed by atoms with Crippen LogP contribution in [0, 0.1) is 0 Å². The molecular formula is C24H24ClN3O2. The quantitative estimate of drug-likeness (QED) is 0.517. The van der Waals surface area contributed by atoms with Crippen molar-refractivity contribution in [3.8, 4) is 22.6 Å². The van der Waals surface area contributed by atoms with E-state index < -0.39 is 0 Å². The number of fused-ring (bicyclic) bond motifs is 1. The normalized spacial score (nSPS) is 18.2. The molecule has 1 aromatic heterocycles. The molecule has 0 spiro atoms. The predicted octanol–water partition coefficient (Wildman–Crippen LogP) is 6.02. The van der Waals surface area contributed by atoms with Crippen LogP contribution >= 0.6 is 11.6 Å². The molecule has 154 valence electrons. The molecule has 5 nitrogen and oxygen atoms in total. The smallest absolute Gasteiger partial charge is 0.224 e. The second kappa shape index (κ2) is 7.47. The minimum atomic E-state index is 0.0511. The number of carbonyl (C=O) groups excluding carboxylic acids is 1. The summed E-state index contributed by atoms with van der Waals surface area (Å²) in [7, 11) is 0. The molecule has 2 aromatic carbocycles. The lowest BCUT2D eigenvalue weighted by molar-refractivity contribution is -0.117. The molecule has 1 atom stereocenters. The number of benzene rings is 2. The van der Waals surface area contributed by atoms with E-state index in [1.165, 1.54) is 12.8 Å². The maximum Gasteiger partial charge on any atom is 0.224 e. The summed E-state index contributed by atoms with van der Waals surface area (Å²) in [4.78, 5) is 14.3. The van der Waals surface area contributed by atoms with E-state index in [2.05, 4.69) is 18.2 Å². The van der Waals surface area contributed by atoms with Gasteiger partial charge in [0.25, 0.3) is 0 Å². The summed E-state index contributed by atoms with van der Waals surface area (Å²) >= 11 is 6.05. The zero-order chi connectivity index (χ0) is 20.8. The van der Waals surface area contributed by atoms with E-state index in [4.69, 9.17) is 16.3 Å². The standard InChI is InChI=1S/C24H24ClN3O2/c1-15-3-10-22-23(28(15)16(2)29)12-11-21(17-13-26-27(14-17)19-6-7-19)24(22)30-20-8-4-18(25)5-9-20/h4-5,8-9,11-15,19H,3,6-7,10H2,1-2H3/t15-/m0/s1. The Balaban J connectivity index is 1.64. The Kier molecular flexibility index (Phi) is 4.78. The highest BCUT2D eigenvalue weighted by molar-refractivity contribution is 6.30. The lowest BCUT2D eigenvalue weighted by Crippen LogP contribution is -2.40. The molecule has 0 N–H and O–H groups in total. The topological polar surface area (TPSA) is 47.4 Å². The van der Waals surface area contributed by atoms with Crippen LogP contribution in [0.2, 0.25) is 5.02 Å². The van der Waals surface area contributed by atoms with Gasteiger partial charge in [-0.15, -0.1) is 0 Å². The number of amides is 1. The molecule has 1 aliphatic carbocycles. The fourth-order valence-corrected chi connectivity index (χ4v) is 4.39. The van der Waals surface area contributed by atoms with Crippen LogP contribution < -0.4 is 9.64 Å². The Morgan fingerprint density at radius 2 is 1.90 bits per heavy atom. The number of rotatable bonds is 4. The number of halogens is 1. The fraction of sp³-hybridized carbons (Fsp3) is 0.333. The highest BCUT2D eigenvalue weighted by Crippen LogP contribution is 2.45. The van der Waals surface area contributed by atoms with Gasteiger partial charge in [-0.2, -0.15) is 5.10 Å². The Morgan fingerprint density at radius 3 is 2.60 bits per heavy atom. The molecule has 1 aliphatic heterocycles. The van der Waals surface area contributed by atoms with Gasteiger partial charge in [0, 0.05) is 40.9 Å². The van der Waals surface area contributed by atoms with Gasteiger partial charge in [-0.3, -0.25) is 9.48 Å². The maximum atomic E-state index is 12.4. The van der Waals surface area contributed by atoms with E-state index >= 15 is 0 Å². The molecule has 1 saturated carbocycles. The zero-order valence-corrected chi connectivity index (χ0v) is 17.9. The third-order valence-electron chi connectivity index (χ3n) is 5.95. The molecule has 5 rings (SSSR count). The molecular weight excluding hydrogens is 398 g/mol. The number of hydrogen-bond donors (Lipinski definition) is 0. The van der Waals surface area contributed by atoms with Crippen molar-refractivity contribution in [1.82, 2.24) is 9.78 Å². The lowest BCUT2D eigenvalue weighted by atomic mass is 9.92. The summed E-state index contributed by atoms with van der Waals surface area (Å²) < 4.78 is 8.48. The van der Waals surface area contributed by atoms with Crippen molar-refractivity contribution in [3.05, 3.63) is 59.4 Å². The van der Waals surface area contributed by atoms with Crippen molar-refractivity contribution >= 4 is 23.2 Å². The number of hydrogen-bond acceptors (Lipinski definition) is 3. The highest BCUT2D eigenvalue weighted by Gasteiger charge is 2.31. The summed E-state index contributed by atoms with van der Waals surface area (Å²) in [6, 6.07) is 12.2. The van der Waals surface area contributed by atoms with Crippen molar-refractivity contribution < 1.29 is 9.53 Å². The first kappa shape index (κ1) is 19.2. The van der Waals surface area contributed by atoms with Crippen LogP contribution in [-0.2, 0) is 11.2 Å². The second-order valence-corrected chi connectivity index (χ2v) is 8.65. The van der Waals surface area contributed by atoms with Crippen LogP contribution in [0.4, 0.5) is 5.69 Å². The average Bonchev–Trinajstić information content (AvgIpc) is 3.46. The number of nitrogens with zero attached hydrogens (tertiary/aromatic N) is 3. The first-order valence-electron chi connectivity index (χ1n) is 10.4. The van der Waals surface area contributed by atoms with E-state index in [-0.39, 0.29) is 11.9 Å². The Bertz CT molecular complexity index is 1100. The van der Waals surface area contributed by atoms with Crippen molar-refractivity contribution in [2.45, 2.75) is 51.6 Å². The Labute approximate surface area is 181 Å². The first-order chi connectivity index (χ1) is 14.5. The lowest BCUT2D eigenvalue weighted by Gasteiger charge is -2.36. The van der Waals surface area contributed by atoms with Crippen LogP contribution in [0.3, 0.4) is 0 Å². The Hall–Kier alpha value is -2.79. The summed E-state index contributed by atoms with van der Waals surface area (Å²) in [5, 5.41) is 5.23. The highest BCUT2D eigenvalue weighted by atomic mass is 35.5. The van der Waals surface area contributed by atoms with Crippen LogP contribution in [0.25, 0.3) is 11.1 Å². The van der Waals surface area contributed by atoms with Gasteiger partial charge in [-0.05, 0) is 69.0 Å². The van der Waals surface area contributed by atoms with Gasteiger partial charge in [0.2, 0.25) is 5.91 Å². The molecule has 2 heterocycles. The van der Waals surface area contributed by atoms with Gasteiger partial charge < -0.3 is 9.64 Å². The molecule has 6 heteroatoms. The third kappa shape index (κ3) is 3.47. The maximum absolute atomic E-state index is 12.4. The minimum absolute atomic E-state index is 0.0511. The van der Waals surface area contributed by atoms with E-state index in [9.17, 15) is 4.79 Å². The van der Waals surface area contributed by atoms with Crippen molar-refractivity contribution in [1.29, 1.82) is 0 Å². The van der Waals surface area contributed by atoms with Gasteiger partial charge >= 0.3 is 0 Å². The van der Waals surface area contributed by atoms with Crippen LogP contribution in [0.15, 0.2) is 48.8 Å². The number of aromatic nitrogens is 2. The van der Waals surface area contributed by atoms with Crippen LogP contribution in [0.5, 0.6) is 11.5 Å². The van der Waals surface area contributed by atoms with Crippen molar-refractivity contribution in [3.63, 3.8) is 0 Å². The third-order valence-corrected chi connectivity index (χ3v) is 6.21. The number of anilines is 1.